The number of amides is 1. The summed E-state index contributed by atoms with van der Waals surface area (Å²) >= 11 is 0. The minimum Gasteiger partial charge on any atom is -0.370 e. The van der Waals surface area contributed by atoms with Crippen molar-refractivity contribution in [2.24, 2.45) is 5.73 Å². The number of nitrogens with two attached hydrogens (primary N) is 1. The predicted octanol–water partition coefficient (Wildman–Crippen LogP) is 5.72. The van der Waals surface area contributed by atoms with Gasteiger partial charge in [0.25, 0.3) is 0 Å². The largest absolute Gasteiger partial charge is 0.416 e. The summed E-state index contributed by atoms with van der Waals surface area (Å²) in [6.45, 7) is 0.604. The lowest BCUT2D eigenvalue weighted by Gasteiger charge is -2.17. The molecule has 0 aliphatic heterocycles. The number of benzene rings is 3. The minimum absolute atomic E-state index is 0.0827. The van der Waals surface area contributed by atoms with Crippen LogP contribution < -0.4 is 5.73 Å². The van der Waals surface area contributed by atoms with Gasteiger partial charge in [-0.2, -0.15) is 13.2 Å². The summed E-state index contributed by atoms with van der Waals surface area (Å²) in [5.74, 6) is -1.15. The van der Waals surface area contributed by atoms with Gasteiger partial charge >= 0.3 is 6.18 Å². The van der Waals surface area contributed by atoms with Crippen molar-refractivity contribution in [3.63, 3.8) is 0 Å². The highest BCUT2D eigenvalue weighted by Crippen LogP contribution is 2.37. The standard InChI is InChI=1S/C25H21F3N2O/c26-25(27,28)19-10-6-9-18(13-19)21(14-24(29)31)22-16-30(15-17-7-2-1-3-8-17)23-12-5-4-11-20(22)23/h1-13,16,21H,14-15H2,(H2,29,31). The van der Waals surface area contributed by atoms with E-state index in [1.807, 2.05) is 60.8 Å². The molecule has 1 amide bonds. The van der Waals surface area contributed by atoms with Crippen molar-refractivity contribution in [3.8, 4) is 0 Å². The first kappa shape index (κ1) is 20.7. The molecule has 0 radical (unpaired) electrons. The Morgan fingerprint density at radius 3 is 2.35 bits per heavy atom. The second-order valence-corrected chi connectivity index (χ2v) is 7.56. The number of rotatable bonds is 6. The summed E-state index contributed by atoms with van der Waals surface area (Å²) in [5.41, 5.74) is 8.00. The number of carbonyl (C=O) groups excluding carboxylic acids is 1. The molecular weight excluding hydrogens is 401 g/mol. The van der Waals surface area contributed by atoms with Crippen molar-refractivity contribution in [3.05, 3.63) is 107 Å². The molecule has 4 rings (SSSR count). The molecule has 0 aliphatic carbocycles. The lowest BCUT2D eigenvalue weighted by molar-refractivity contribution is -0.137. The van der Waals surface area contributed by atoms with Gasteiger partial charge in [-0.1, -0.05) is 66.7 Å². The fraction of sp³-hybridized carbons (Fsp3) is 0.160. The Labute approximate surface area is 177 Å². The van der Waals surface area contributed by atoms with Crippen LogP contribution in [-0.4, -0.2) is 10.5 Å². The third kappa shape index (κ3) is 4.48. The van der Waals surface area contributed by atoms with E-state index in [1.54, 1.807) is 6.07 Å². The fourth-order valence-corrected chi connectivity index (χ4v) is 4.00. The molecule has 1 atom stereocenters. The number of nitrogens with zero attached hydrogens (tertiary/aromatic N) is 1. The number of primary amides is 1. The zero-order valence-corrected chi connectivity index (χ0v) is 16.6. The Morgan fingerprint density at radius 2 is 1.65 bits per heavy atom. The first-order valence-corrected chi connectivity index (χ1v) is 9.90. The highest BCUT2D eigenvalue weighted by Gasteiger charge is 2.31. The molecule has 0 saturated heterocycles. The van der Waals surface area contributed by atoms with Crippen LogP contribution in [0.1, 0.15) is 34.6 Å². The number of carbonyl (C=O) groups is 1. The van der Waals surface area contributed by atoms with Crippen LogP contribution in [-0.2, 0) is 17.5 Å². The van der Waals surface area contributed by atoms with Gasteiger partial charge in [0.2, 0.25) is 5.91 Å². The average Bonchev–Trinajstić information content (AvgIpc) is 3.10. The first-order chi connectivity index (χ1) is 14.8. The van der Waals surface area contributed by atoms with Crippen LogP contribution in [0.4, 0.5) is 13.2 Å². The van der Waals surface area contributed by atoms with Gasteiger partial charge in [-0.3, -0.25) is 4.79 Å². The normalized spacial score (nSPS) is 12.7. The van der Waals surface area contributed by atoms with Crippen LogP contribution in [0.25, 0.3) is 10.9 Å². The molecule has 31 heavy (non-hydrogen) atoms. The monoisotopic (exact) mass is 422 g/mol. The van der Waals surface area contributed by atoms with Crippen LogP contribution in [0.5, 0.6) is 0 Å². The van der Waals surface area contributed by atoms with Gasteiger partial charge in [0, 0.05) is 36.0 Å². The second-order valence-electron chi connectivity index (χ2n) is 7.56. The zero-order chi connectivity index (χ0) is 22.0. The number of para-hydroxylation sites is 1. The highest BCUT2D eigenvalue weighted by molar-refractivity contribution is 5.86. The van der Waals surface area contributed by atoms with Crippen LogP contribution >= 0.6 is 0 Å². The maximum absolute atomic E-state index is 13.3. The molecule has 1 unspecified atom stereocenters. The number of halogens is 3. The molecule has 0 fully saturated rings. The van der Waals surface area contributed by atoms with E-state index in [0.717, 1.165) is 34.2 Å². The topological polar surface area (TPSA) is 48.0 Å². The van der Waals surface area contributed by atoms with E-state index in [9.17, 15) is 18.0 Å². The average molecular weight is 422 g/mol. The van der Waals surface area contributed by atoms with Crippen molar-refractivity contribution in [1.82, 2.24) is 4.57 Å². The smallest absolute Gasteiger partial charge is 0.370 e. The van der Waals surface area contributed by atoms with Gasteiger partial charge in [-0.25, -0.2) is 0 Å². The summed E-state index contributed by atoms with van der Waals surface area (Å²) in [4.78, 5) is 11.9. The molecule has 0 aliphatic rings. The lowest BCUT2D eigenvalue weighted by Crippen LogP contribution is -2.17. The van der Waals surface area contributed by atoms with Crippen molar-refractivity contribution >= 4 is 16.8 Å². The predicted molar refractivity (Wildman–Crippen MR) is 115 cm³/mol. The molecule has 1 aromatic heterocycles. The van der Waals surface area contributed by atoms with Gasteiger partial charge in [-0.05, 0) is 28.8 Å². The summed E-state index contributed by atoms with van der Waals surface area (Å²) in [6.07, 6.45) is -2.62. The van der Waals surface area contributed by atoms with E-state index in [2.05, 4.69) is 4.57 Å². The second kappa shape index (κ2) is 8.30. The summed E-state index contributed by atoms with van der Waals surface area (Å²) < 4.78 is 42.0. The molecule has 3 aromatic carbocycles. The van der Waals surface area contributed by atoms with Gasteiger partial charge in [0.15, 0.2) is 0 Å². The molecule has 0 saturated carbocycles. The van der Waals surface area contributed by atoms with E-state index in [-0.39, 0.29) is 6.42 Å². The lowest BCUT2D eigenvalue weighted by atomic mass is 9.87. The number of aromatic nitrogens is 1. The molecule has 3 nitrogen and oxygen atoms in total. The Kier molecular flexibility index (Phi) is 5.55. The van der Waals surface area contributed by atoms with Crippen molar-refractivity contribution in [2.75, 3.05) is 0 Å². The minimum atomic E-state index is -4.46. The van der Waals surface area contributed by atoms with E-state index in [4.69, 9.17) is 5.73 Å². The molecule has 1 heterocycles. The quantitative estimate of drug-likeness (QED) is 0.425. The van der Waals surface area contributed by atoms with Crippen LogP contribution in [0, 0.1) is 0 Å². The van der Waals surface area contributed by atoms with E-state index < -0.39 is 23.6 Å². The molecule has 4 aromatic rings. The Bertz CT molecular complexity index is 1210. The summed E-state index contributed by atoms with van der Waals surface area (Å²) in [6, 6.07) is 22.7. The highest BCUT2D eigenvalue weighted by atomic mass is 19.4. The van der Waals surface area contributed by atoms with Crippen molar-refractivity contribution < 1.29 is 18.0 Å². The Morgan fingerprint density at radius 1 is 0.935 bits per heavy atom. The molecule has 2 N–H and O–H groups in total. The summed E-state index contributed by atoms with van der Waals surface area (Å²) in [7, 11) is 0. The number of fused-ring (bicyclic) bond motifs is 1. The first-order valence-electron chi connectivity index (χ1n) is 9.90. The third-order valence-corrected chi connectivity index (χ3v) is 5.41. The SMILES string of the molecule is NC(=O)CC(c1cccc(C(F)(F)F)c1)c1cn(Cc2ccccc2)c2ccccc12. The molecular formula is C25H21F3N2O. The third-order valence-electron chi connectivity index (χ3n) is 5.41. The van der Waals surface area contributed by atoms with E-state index in [1.165, 1.54) is 6.07 Å². The molecule has 0 bridgehead atoms. The fourth-order valence-electron chi connectivity index (χ4n) is 4.00. The van der Waals surface area contributed by atoms with Crippen LogP contribution in [0.15, 0.2) is 85.1 Å². The van der Waals surface area contributed by atoms with Crippen LogP contribution in [0.2, 0.25) is 0 Å². The Hall–Kier alpha value is -3.54. The summed E-state index contributed by atoms with van der Waals surface area (Å²) in [5, 5.41) is 0.891. The van der Waals surface area contributed by atoms with Gasteiger partial charge in [0.1, 0.15) is 0 Å². The molecule has 158 valence electrons. The van der Waals surface area contributed by atoms with Gasteiger partial charge in [-0.15, -0.1) is 0 Å². The van der Waals surface area contributed by atoms with Gasteiger partial charge in [0.05, 0.1) is 5.56 Å². The number of hydrogen-bond acceptors (Lipinski definition) is 1. The maximum atomic E-state index is 13.3. The maximum Gasteiger partial charge on any atom is 0.416 e. The molecule has 6 heteroatoms. The van der Waals surface area contributed by atoms with Gasteiger partial charge < -0.3 is 10.3 Å². The Balaban J connectivity index is 1.84. The molecule has 0 spiro atoms. The zero-order valence-electron chi connectivity index (χ0n) is 16.6. The number of hydrogen-bond donors (Lipinski definition) is 1. The van der Waals surface area contributed by atoms with E-state index >= 15 is 0 Å². The number of alkyl halides is 3. The van der Waals surface area contributed by atoms with Crippen molar-refractivity contribution in [1.29, 1.82) is 0 Å². The van der Waals surface area contributed by atoms with E-state index in [0.29, 0.717) is 12.1 Å². The van der Waals surface area contributed by atoms with Crippen LogP contribution in [0.3, 0.4) is 0 Å². The van der Waals surface area contributed by atoms with Crippen molar-refractivity contribution in [2.45, 2.75) is 25.1 Å².